The monoisotopic (exact) mass is 232 g/mol. The quantitative estimate of drug-likeness (QED) is 0.860. The molecule has 1 N–H and O–H groups in total. The second kappa shape index (κ2) is 5.27. The summed E-state index contributed by atoms with van der Waals surface area (Å²) in [7, 11) is 0. The molecule has 4 heteroatoms. The molecular weight excluding hydrogens is 212 g/mol. The molecule has 0 amide bonds. The molecule has 0 spiro atoms. The fourth-order valence-corrected chi connectivity index (χ4v) is 1.93. The highest BCUT2D eigenvalue weighted by atomic mass is 15.1. The predicted molar refractivity (Wildman–Crippen MR) is 69.8 cm³/mol. The SMILES string of the molecule is CCC(C)NCc1nc2cnccc2n1CC. The van der Waals surface area contributed by atoms with Crippen LogP contribution in [0, 0.1) is 0 Å². The zero-order chi connectivity index (χ0) is 12.3. The van der Waals surface area contributed by atoms with E-state index in [9.17, 15) is 0 Å². The van der Waals surface area contributed by atoms with Crippen LogP contribution in [-0.4, -0.2) is 20.6 Å². The molecule has 0 aliphatic heterocycles. The highest BCUT2D eigenvalue weighted by molar-refractivity contribution is 5.74. The predicted octanol–water partition coefficient (Wildman–Crippen LogP) is 2.34. The average Bonchev–Trinajstić information content (AvgIpc) is 2.73. The van der Waals surface area contributed by atoms with Crippen LogP contribution in [0.2, 0.25) is 0 Å². The van der Waals surface area contributed by atoms with Crippen molar-refractivity contribution in [3.8, 4) is 0 Å². The summed E-state index contributed by atoms with van der Waals surface area (Å²) in [6.45, 7) is 8.29. The van der Waals surface area contributed by atoms with E-state index >= 15 is 0 Å². The number of nitrogens with one attached hydrogen (secondary N) is 1. The zero-order valence-corrected chi connectivity index (χ0v) is 10.8. The average molecular weight is 232 g/mol. The van der Waals surface area contributed by atoms with Crippen molar-refractivity contribution in [1.29, 1.82) is 0 Å². The minimum atomic E-state index is 0.526. The lowest BCUT2D eigenvalue weighted by Gasteiger charge is -2.11. The number of rotatable bonds is 5. The highest BCUT2D eigenvalue weighted by Crippen LogP contribution is 2.14. The summed E-state index contributed by atoms with van der Waals surface area (Å²) < 4.78 is 2.24. The van der Waals surface area contributed by atoms with Gasteiger partial charge in [-0.3, -0.25) is 4.98 Å². The van der Waals surface area contributed by atoms with E-state index in [1.165, 1.54) is 5.52 Å². The van der Waals surface area contributed by atoms with Crippen molar-refractivity contribution in [3.63, 3.8) is 0 Å². The second-order valence-corrected chi connectivity index (χ2v) is 4.33. The number of fused-ring (bicyclic) bond motifs is 1. The lowest BCUT2D eigenvalue weighted by Crippen LogP contribution is -2.26. The molecule has 0 fully saturated rings. The Morgan fingerprint density at radius 3 is 2.94 bits per heavy atom. The van der Waals surface area contributed by atoms with E-state index in [0.29, 0.717) is 6.04 Å². The van der Waals surface area contributed by atoms with Gasteiger partial charge in [-0.15, -0.1) is 0 Å². The van der Waals surface area contributed by atoms with E-state index in [4.69, 9.17) is 0 Å². The smallest absolute Gasteiger partial charge is 0.123 e. The Morgan fingerprint density at radius 1 is 1.41 bits per heavy atom. The van der Waals surface area contributed by atoms with Crippen LogP contribution in [0.25, 0.3) is 11.0 Å². The summed E-state index contributed by atoms with van der Waals surface area (Å²) in [5.41, 5.74) is 2.15. The first-order valence-corrected chi connectivity index (χ1v) is 6.28. The minimum absolute atomic E-state index is 0.526. The molecule has 2 heterocycles. The van der Waals surface area contributed by atoms with Crippen molar-refractivity contribution in [2.75, 3.05) is 0 Å². The van der Waals surface area contributed by atoms with Crippen molar-refractivity contribution in [2.24, 2.45) is 0 Å². The number of hydrogen-bond donors (Lipinski definition) is 1. The largest absolute Gasteiger partial charge is 0.327 e. The lowest BCUT2D eigenvalue weighted by molar-refractivity contribution is 0.512. The van der Waals surface area contributed by atoms with Crippen LogP contribution >= 0.6 is 0 Å². The molecule has 0 aromatic carbocycles. The van der Waals surface area contributed by atoms with Crippen LogP contribution in [0.3, 0.4) is 0 Å². The number of pyridine rings is 1. The first-order chi connectivity index (χ1) is 8.26. The summed E-state index contributed by atoms with van der Waals surface area (Å²) in [5, 5.41) is 3.48. The molecule has 4 nitrogen and oxygen atoms in total. The molecule has 0 aliphatic carbocycles. The van der Waals surface area contributed by atoms with Crippen molar-refractivity contribution in [2.45, 2.75) is 46.3 Å². The number of hydrogen-bond acceptors (Lipinski definition) is 3. The number of aryl methyl sites for hydroxylation is 1. The normalized spacial score (nSPS) is 13.1. The van der Waals surface area contributed by atoms with Gasteiger partial charge in [-0.1, -0.05) is 6.92 Å². The van der Waals surface area contributed by atoms with Crippen molar-refractivity contribution in [1.82, 2.24) is 19.9 Å². The van der Waals surface area contributed by atoms with Gasteiger partial charge in [0.15, 0.2) is 0 Å². The summed E-state index contributed by atoms with van der Waals surface area (Å²) in [5.74, 6) is 1.09. The minimum Gasteiger partial charge on any atom is -0.327 e. The number of nitrogens with zero attached hydrogens (tertiary/aromatic N) is 3. The summed E-state index contributed by atoms with van der Waals surface area (Å²) in [6.07, 6.45) is 4.78. The van der Waals surface area contributed by atoms with Crippen LogP contribution in [0.5, 0.6) is 0 Å². The lowest BCUT2D eigenvalue weighted by atomic mass is 10.2. The Hall–Kier alpha value is -1.42. The van der Waals surface area contributed by atoms with Gasteiger partial charge < -0.3 is 9.88 Å². The van der Waals surface area contributed by atoms with Gasteiger partial charge in [0, 0.05) is 18.8 Å². The van der Waals surface area contributed by atoms with Gasteiger partial charge in [-0.25, -0.2) is 4.98 Å². The first kappa shape index (κ1) is 12.0. The topological polar surface area (TPSA) is 42.7 Å². The van der Waals surface area contributed by atoms with Gasteiger partial charge in [0.1, 0.15) is 11.3 Å². The van der Waals surface area contributed by atoms with E-state index in [0.717, 1.165) is 30.9 Å². The Kier molecular flexibility index (Phi) is 3.74. The Balaban J connectivity index is 2.27. The highest BCUT2D eigenvalue weighted by Gasteiger charge is 2.09. The maximum Gasteiger partial charge on any atom is 0.123 e. The van der Waals surface area contributed by atoms with Crippen LogP contribution in [0.4, 0.5) is 0 Å². The molecule has 0 radical (unpaired) electrons. The van der Waals surface area contributed by atoms with Gasteiger partial charge in [-0.2, -0.15) is 0 Å². The molecule has 2 rings (SSSR count). The van der Waals surface area contributed by atoms with E-state index in [2.05, 4.69) is 40.6 Å². The standard InChI is InChI=1S/C13H20N4/c1-4-10(3)15-9-13-16-11-8-14-7-6-12(11)17(13)5-2/h6-8,10,15H,4-5,9H2,1-3H3. The molecule has 92 valence electrons. The zero-order valence-electron chi connectivity index (χ0n) is 10.8. The molecule has 17 heavy (non-hydrogen) atoms. The third kappa shape index (κ3) is 2.47. The maximum absolute atomic E-state index is 4.63. The number of aromatic nitrogens is 3. The van der Waals surface area contributed by atoms with Crippen LogP contribution in [0.15, 0.2) is 18.5 Å². The van der Waals surface area contributed by atoms with Gasteiger partial charge in [0.05, 0.1) is 18.3 Å². The fraction of sp³-hybridized carbons (Fsp3) is 0.538. The van der Waals surface area contributed by atoms with Gasteiger partial charge in [0.25, 0.3) is 0 Å². The molecular formula is C13H20N4. The summed E-state index contributed by atoms with van der Waals surface area (Å²) in [6, 6.07) is 2.55. The van der Waals surface area contributed by atoms with E-state index in [1.54, 1.807) is 0 Å². The molecule has 0 saturated carbocycles. The Morgan fingerprint density at radius 2 is 2.24 bits per heavy atom. The van der Waals surface area contributed by atoms with Crippen molar-refractivity contribution < 1.29 is 0 Å². The molecule has 1 atom stereocenters. The van der Waals surface area contributed by atoms with Gasteiger partial charge >= 0.3 is 0 Å². The van der Waals surface area contributed by atoms with E-state index in [1.807, 2.05) is 18.5 Å². The van der Waals surface area contributed by atoms with Crippen molar-refractivity contribution in [3.05, 3.63) is 24.3 Å². The fourth-order valence-electron chi connectivity index (χ4n) is 1.93. The molecule has 2 aromatic heterocycles. The molecule has 1 unspecified atom stereocenters. The molecule has 0 aliphatic rings. The van der Waals surface area contributed by atoms with Crippen LogP contribution in [-0.2, 0) is 13.1 Å². The second-order valence-electron chi connectivity index (χ2n) is 4.33. The maximum atomic E-state index is 4.63. The molecule has 0 saturated heterocycles. The Bertz CT molecular complexity index is 489. The third-order valence-corrected chi connectivity index (χ3v) is 3.17. The van der Waals surface area contributed by atoms with Crippen LogP contribution < -0.4 is 5.32 Å². The summed E-state index contributed by atoms with van der Waals surface area (Å²) >= 11 is 0. The van der Waals surface area contributed by atoms with E-state index < -0.39 is 0 Å². The third-order valence-electron chi connectivity index (χ3n) is 3.17. The van der Waals surface area contributed by atoms with Crippen molar-refractivity contribution >= 4 is 11.0 Å². The van der Waals surface area contributed by atoms with Gasteiger partial charge in [0.2, 0.25) is 0 Å². The first-order valence-electron chi connectivity index (χ1n) is 6.28. The summed E-state index contributed by atoms with van der Waals surface area (Å²) in [4.78, 5) is 8.74. The van der Waals surface area contributed by atoms with Crippen LogP contribution in [0.1, 0.15) is 33.0 Å². The Labute approximate surface area is 102 Å². The number of imidazole rings is 1. The van der Waals surface area contributed by atoms with Gasteiger partial charge in [-0.05, 0) is 26.3 Å². The molecule has 0 bridgehead atoms. The molecule has 2 aromatic rings. The van der Waals surface area contributed by atoms with E-state index in [-0.39, 0.29) is 0 Å².